The highest BCUT2D eigenvalue weighted by Crippen LogP contribution is 2.36. The first-order valence-corrected chi connectivity index (χ1v) is 9.78. The maximum absolute atomic E-state index is 10.5. The molecule has 2 aromatic rings. The fraction of sp³-hybridized carbons (Fsp3) is 0.250. The quantitative estimate of drug-likeness (QED) is 0.463. The summed E-state index contributed by atoms with van der Waals surface area (Å²) in [5, 5.41) is 2.46. The van der Waals surface area contributed by atoms with Gasteiger partial charge in [-0.2, -0.15) is 0 Å². The zero-order chi connectivity index (χ0) is 16.8. The predicted octanol–water partition coefficient (Wildman–Crippen LogP) is 3.32. The highest BCUT2D eigenvalue weighted by Gasteiger charge is 2.49. The topological polar surface area (TPSA) is 26.3 Å². The lowest BCUT2D eigenvalue weighted by molar-refractivity contribution is -0.104. The van der Waals surface area contributed by atoms with Crippen LogP contribution in [0.4, 0.5) is 0 Å². The smallest absolute Gasteiger partial charge is 0.261 e. The summed E-state index contributed by atoms with van der Waals surface area (Å²) in [6, 6.07) is 21.0. The molecule has 0 saturated heterocycles. The van der Waals surface area contributed by atoms with E-state index in [4.69, 9.17) is 4.43 Å². The summed E-state index contributed by atoms with van der Waals surface area (Å²) in [4.78, 5) is 10.5. The van der Waals surface area contributed by atoms with Gasteiger partial charge in [0.25, 0.3) is 8.32 Å². The van der Waals surface area contributed by atoms with E-state index in [2.05, 4.69) is 69.3 Å². The number of carbonyl (C=O) groups excluding carboxylic acids is 1. The van der Waals surface area contributed by atoms with Crippen molar-refractivity contribution in [3.63, 3.8) is 0 Å². The Bertz CT molecular complexity index is 603. The third-order valence-corrected chi connectivity index (χ3v) is 9.03. The summed E-state index contributed by atoms with van der Waals surface area (Å²) < 4.78 is 6.56. The first-order valence-electron chi connectivity index (χ1n) is 7.87. The van der Waals surface area contributed by atoms with E-state index in [0.717, 1.165) is 6.29 Å². The largest absolute Gasteiger partial charge is 0.404 e. The highest BCUT2D eigenvalue weighted by atomic mass is 28.4. The highest BCUT2D eigenvalue weighted by molar-refractivity contribution is 6.99. The van der Waals surface area contributed by atoms with Crippen molar-refractivity contribution in [1.29, 1.82) is 0 Å². The Morgan fingerprint density at radius 1 is 0.913 bits per heavy atom. The minimum absolute atomic E-state index is 0.0370. The van der Waals surface area contributed by atoms with Crippen LogP contribution in [0.3, 0.4) is 0 Å². The van der Waals surface area contributed by atoms with Gasteiger partial charge in [-0.05, 0) is 21.5 Å². The second-order valence-corrected chi connectivity index (χ2v) is 10.8. The summed E-state index contributed by atoms with van der Waals surface area (Å²) in [7, 11) is -2.47. The minimum atomic E-state index is -2.47. The van der Waals surface area contributed by atoms with Crippen molar-refractivity contribution in [2.75, 3.05) is 6.61 Å². The molecule has 120 valence electrons. The Morgan fingerprint density at radius 2 is 1.39 bits per heavy atom. The second-order valence-electron chi connectivity index (χ2n) is 6.54. The van der Waals surface area contributed by atoms with Gasteiger partial charge in [-0.15, -0.1) is 0 Å². The van der Waals surface area contributed by atoms with Crippen LogP contribution >= 0.6 is 0 Å². The molecule has 2 aromatic carbocycles. The average Bonchev–Trinajstić information content (AvgIpc) is 2.55. The number of rotatable bonds is 6. The van der Waals surface area contributed by atoms with Crippen LogP contribution in [0.15, 0.2) is 72.8 Å². The summed E-state index contributed by atoms with van der Waals surface area (Å²) in [5.74, 6) is 0. The summed E-state index contributed by atoms with van der Waals surface area (Å²) in [6.45, 7) is 7.15. The van der Waals surface area contributed by atoms with Crippen molar-refractivity contribution < 1.29 is 9.22 Å². The van der Waals surface area contributed by atoms with Crippen LogP contribution in [0.1, 0.15) is 20.8 Å². The maximum atomic E-state index is 10.5. The van der Waals surface area contributed by atoms with Crippen molar-refractivity contribution in [2.45, 2.75) is 25.8 Å². The van der Waals surface area contributed by atoms with Crippen molar-refractivity contribution in [2.24, 2.45) is 0 Å². The fourth-order valence-corrected chi connectivity index (χ4v) is 7.55. The molecule has 0 bridgehead atoms. The Hall–Kier alpha value is -1.97. The summed E-state index contributed by atoms with van der Waals surface area (Å²) in [5.41, 5.74) is 0. The van der Waals surface area contributed by atoms with E-state index in [1.165, 1.54) is 16.4 Å². The number of hydrogen-bond acceptors (Lipinski definition) is 2. The van der Waals surface area contributed by atoms with Crippen LogP contribution < -0.4 is 10.4 Å². The second kappa shape index (κ2) is 7.53. The van der Waals surface area contributed by atoms with Gasteiger partial charge < -0.3 is 4.43 Å². The lowest BCUT2D eigenvalue weighted by Gasteiger charge is -2.42. The molecule has 0 N–H and O–H groups in total. The molecule has 3 heteroatoms. The number of aldehydes is 1. The van der Waals surface area contributed by atoms with E-state index >= 15 is 0 Å². The Morgan fingerprint density at radius 3 is 1.78 bits per heavy atom. The third-order valence-electron chi connectivity index (χ3n) is 4.03. The molecule has 0 amide bonds. The number of benzene rings is 2. The average molecular weight is 324 g/mol. The molecule has 0 unspecified atom stereocenters. The monoisotopic (exact) mass is 324 g/mol. The van der Waals surface area contributed by atoms with Crippen molar-refractivity contribution in [3.05, 3.63) is 72.8 Å². The SMILES string of the molecule is CC(C)(C)[Si](OC/C=C/C=O)(c1ccccc1)c1ccccc1. The van der Waals surface area contributed by atoms with Gasteiger partial charge in [-0.25, -0.2) is 0 Å². The molecule has 0 atom stereocenters. The molecular formula is C20H24O2Si. The third kappa shape index (κ3) is 3.68. The van der Waals surface area contributed by atoms with Gasteiger partial charge >= 0.3 is 0 Å². The molecule has 0 heterocycles. The number of allylic oxidation sites excluding steroid dienone is 1. The van der Waals surface area contributed by atoms with Gasteiger partial charge in [0.05, 0.1) is 6.61 Å². The molecule has 0 aliphatic carbocycles. The minimum Gasteiger partial charge on any atom is -0.404 e. The lowest BCUT2D eigenvalue weighted by atomic mass is 10.2. The van der Waals surface area contributed by atoms with Gasteiger partial charge in [-0.3, -0.25) is 4.79 Å². The zero-order valence-corrected chi connectivity index (χ0v) is 15.0. The summed E-state index contributed by atoms with van der Waals surface area (Å²) in [6.07, 6.45) is 4.07. The standard InChI is InChI=1S/C20H24O2Si/c1-20(2,3)23(22-17-11-10-16-21,18-12-6-4-7-13-18)19-14-8-5-9-15-19/h4-16H,17H2,1-3H3/b11-10+. The zero-order valence-electron chi connectivity index (χ0n) is 14.0. The molecule has 0 radical (unpaired) electrons. The number of carbonyl (C=O) groups is 1. The molecule has 0 aliphatic rings. The van der Waals surface area contributed by atoms with E-state index in [9.17, 15) is 4.79 Å². The first kappa shape index (κ1) is 17.4. The molecule has 0 fully saturated rings. The van der Waals surface area contributed by atoms with E-state index < -0.39 is 8.32 Å². The molecule has 0 aromatic heterocycles. The van der Waals surface area contributed by atoms with Gasteiger partial charge in [0, 0.05) is 0 Å². The molecule has 0 saturated carbocycles. The molecule has 2 rings (SSSR count). The van der Waals surface area contributed by atoms with Gasteiger partial charge in [-0.1, -0.05) is 87.5 Å². The van der Waals surface area contributed by atoms with Crippen LogP contribution in [-0.2, 0) is 9.22 Å². The van der Waals surface area contributed by atoms with Gasteiger partial charge in [0.15, 0.2) is 0 Å². The molecule has 0 aliphatic heterocycles. The van der Waals surface area contributed by atoms with E-state index in [-0.39, 0.29) is 5.04 Å². The predicted molar refractivity (Wildman–Crippen MR) is 98.8 cm³/mol. The Balaban J connectivity index is 2.59. The van der Waals surface area contributed by atoms with Crippen molar-refractivity contribution >= 4 is 25.0 Å². The fourth-order valence-electron chi connectivity index (χ4n) is 3.05. The normalized spacial score (nSPS) is 12.5. The van der Waals surface area contributed by atoms with Crippen LogP contribution in [0.5, 0.6) is 0 Å². The molecule has 2 nitrogen and oxygen atoms in total. The molecule has 23 heavy (non-hydrogen) atoms. The van der Waals surface area contributed by atoms with Crippen LogP contribution in [-0.4, -0.2) is 21.2 Å². The van der Waals surface area contributed by atoms with E-state index in [1.807, 2.05) is 12.1 Å². The van der Waals surface area contributed by atoms with E-state index in [1.54, 1.807) is 6.08 Å². The van der Waals surface area contributed by atoms with E-state index in [0.29, 0.717) is 6.61 Å². The van der Waals surface area contributed by atoms with Crippen LogP contribution in [0.25, 0.3) is 0 Å². The maximum Gasteiger partial charge on any atom is 0.261 e. The first-order chi connectivity index (χ1) is 11.0. The lowest BCUT2D eigenvalue weighted by Crippen LogP contribution is -2.66. The van der Waals surface area contributed by atoms with Crippen molar-refractivity contribution in [3.8, 4) is 0 Å². The van der Waals surface area contributed by atoms with Crippen LogP contribution in [0.2, 0.25) is 5.04 Å². The Kier molecular flexibility index (Phi) is 5.69. The van der Waals surface area contributed by atoms with Crippen LogP contribution in [0, 0.1) is 0 Å². The molecule has 0 spiro atoms. The molecular weight excluding hydrogens is 300 g/mol. The van der Waals surface area contributed by atoms with Gasteiger partial charge in [0.2, 0.25) is 0 Å². The van der Waals surface area contributed by atoms with Crippen molar-refractivity contribution in [1.82, 2.24) is 0 Å². The number of hydrogen-bond donors (Lipinski definition) is 0. The van der Waals surface area contributed by atoms with Gasteiger partial charge in [0.1, 0.15) is 6.29 Å². The summed E-state index contributed by atoms with van der Waals surface area (Å²) >= 11 is 0. The Labute approximate surface area is 139 Å².